The number of nitrogens with zero attached hydrogens (tertiary/aromatic N) is 1. The normalized spacial score (nSPS) is 24.1. The summed E-state index contributed by atoms with van der Waals surface area (Å²) in [6.07, 6.45) is 1.42. The summed E-state index contributed by atoms with van der Waals surface area (Å²) in [6.45, 7) is 4.18. The molecule has 2 rings (SSSR count). The third-order valence-electron chi connectivity index (χ3n) is 3.38. The van der Waals surface area contributed by atoms with Crippen molar-refractivity contribution in [1.82, 2.24) is 4.90 Å². The van der Waals surface area contributed by atoms with Gasteiger partial charge in [-0.05, 0) is 38.3 Å². The number of hydrogen-bond donors (Lipinski definition) is 1. The van der Waals surface area contributed by atoms with Crippen molar-refractivity contribution in [3.63, 3.8) is 0 Å². The van der Waals surface area contributed by atoms with Crippen LogP contribution in [-0.4, -0.2) is 34.6 Å². The second kappa shape index (κ2) is 4.69. The van der Waals surface area contributed by atoms with E-state index >= 15 is 0 Å². The fourth-order valence-corrected chi connectivity index (χ4v) is 2.38. The van der Waals surface area contributed by atoms with Gasteiger partial charge in [-0.2, -0.15) is 0 Å². The molecule has 98 valence electrons. The predicted octanol–water partition coefficient (Wildman–Crippen LogP) is 2.12. The van der Waals surface area contributed by atoms with E-state index in [9.17, 15) is 14.3 Å². The van der Waals surface area contributed by atoms with E-state index in [1.165, 1.54) is 11.0 Å². The molecule has 1 unspecified atom stereocenters. The van der Waals surface area contributed by atoms with Crippen molar-refractivity contribution in [3.8, 4) is 0 Å². The van der Waals surface area contributed by atoms with Crippen molar-refractivity contribution in [2.45, 2.75) is 32.3 Å². The van der Waals surface area contributed by atoms with E-state index in [1.807, 2.05) is 0 Å². The van der Waals surface area contributed by atoms with Crippen LogP contribution in [0.2, 0.25) is 0 Å². The van der Waals surface area contributed by atoms with Gasteiger partial charge in [-0.15, -0.1) is 0 Å². The van der Waals surface area contributed by atoms with E-state index < -0.39 is 11.4 Å². The summed E-state index contributed by atoms with van der Waals surface area (Å²) in [5, 5.41) is 9.98. The summed E-state index contributed by atoms with van der Waals surface area (Å²) >= 11 is 0. The zero-order chi connectivity index (χ0) is 13.3. The maximum atomic E-state index is 13.9. The Morgan fingerprint density at radius 2 is 2.22 bits per heavy atom. The number of aryl methyl sites for hydroxylation is 1. The molecular weight excluding hydrogens is 233 g/mol. The Labute approximate surface area is 106 Å². The fraction of sp³-hybridized carbons (Fsp3) is 0.500. The van der Waals surface area contributed by atoms with Crippen LogP contribution >= 0.6 is 0 Å². The number of rotatable bonds is 1. The molecule has 1 fully saturated rings. The molecule has 4 heteroatoms. The van der Waals surface area contributed by atoms with Gasteiger partial charge in [0.1, 0.15) is 5.82 Å². The Morgan fingerprint density at radius 1 is 1.50 bits per heavy atom. The molecule has 1 aliphatic heterocycles. The SMILES string of the molecule is Cc1cccc(C(=O)N2CCCC(C)(O)C2)c1F. The van der Waals surface area contributed by atoms with Crippen molar-refractivity contribution in [1.29, 1.82) is 0 Å². The molecule has 3 nitrogen and oxygen atoms in total. The Kier molecular flexibility index (Phi) is 3.39. The van der Waals surface area contributed by atoms with Crippen molar-refractivity contribution in [2.75, 3.05) is 13.1 Å². The molecule has 0 aliphatic carbocycles. The fourth-order valence-electron chi connectivity index (χ4n) is 2.38. The third kappa shape index (κ3) is 2.53. The lowest BCUT2D eigenvalue weighted by Crippen LogP contribution is -2.48. The molecule has 0 bridgehead atoms. The van der Waals surface area contributed by atoms with Gasteiger partial charge >= 0.3 is 0 Å². The van der Waals surface area contributed by atoms with Crippen LogP contribution in [0.1, 0.15) is 35.7 Å². The van der Waals surface area contributed by atoms with E-state index in [0.29, 0.717) is 18.5 Å². The lowest BCUT2D eigenvalue weighted by molar-refractivity contribution is -0.0109. The van der Waals surface area contributed by atoms with Gasteiger partial charge in [-0.1, -0.05) is 12.1 Å². The van der Waals surface area contributed by atoms with Crippen molar-refractivity contribution in [3.05, 3.63) is 35.1 Å². The third-order valence-corrected chi connectivity index (χ3v) is 3.38. The van der Waals surface area contributed by atoms with Crippen LogP contribution in [-0.2, 0) is 0 Å². The van der Waals surface area contributed by atoms with Crippen molar-refractivity contribution >= 4 is 5.91 Å². The van der Waals surface area contributed by atoms with Crippen molar-refractivity contribution < 1.29 is 14.3 Å². The summed E-state index contributed by atoms with van der Waals surface area (Å²) in [7, 11) is 0. The highest BCUT2D eigenvalue weighted by Gasteiger charge is 2.32. The molecule has 1 aromatic carbocycles. The summed E-state index contributed by atoms with van der Waals surface area (Å²) in [5.41, 5.74) is -0.314. The highest BCUT2D eigenvalue weighted by atomic mass is 19.1. The topological polar surface area (TPSA) is 40.5 Å². The number of carbonyl (C=O) groups is 1. The van der Waals surface area contributed by atoms with Crippen LogP contribution in [0.5, 0.6) is 0 Å². The average molecular weight is 251 g/mol. The lowest BCUT2D eigenvalue weighted by atomic mass is 9.94. The number of hydrogen-bond acceptors (Lipinski definition) is 2. The predicted molar refractivity (Wildman–Crippen MR) is 66.9 cm³/mol. The number of amides is 1. The van der Waals surface area contributed by atoms with Crippen LogP contribution in [0.4, 0.5) is 4.39 Å². The maximum absolute atomic E-state index is 13.9. The molecule has 0 saturated carbocycles. The van der Waals surface area contributed by atoms with Gasteiger partial charge in [-0.3, -0.25) is 4.79 Å². The van der Waals surface area contributed by atoms with Crippen LogP contribution in [0, 0.1) is 12.7 Å². The van der Waals surface area contributed by atoms with Crippen LogP contribution in [0.15, 0.2) is 18.2 Å². The number of aliphatic hydroxyl groups is 1. The molecule has 1 aromatic rings. The van der Waals surface area contributed by atoms with Gasteiger partial charge in [0.15, 0.2) is 0 Å². The Hall–Kier alpha value is -1.42. The number of piperidine rings is 1. The molecule has 0 spiro atoms. The lowest BCUT2D eigenvalue weighted by Gasteiger charge is -2.36. The number of carbonyl (C=O) groups excluding carboxylic acids is 1. The summed E-state index contributed by atoms with van der Waals surface area (Å²) < 4.78 is 13.9. The van der Waals surface area contributed by atoms with E-state index in [-0.39, 0.29) is 18.0 Å². The highest BCUT2D eigenvalue weighted by Crippen LogP contribution is 2.23. The average Bonchev–Trinajstić information content (AvgIpc) is 2.30. The minimum Gasteiger partial charge on any atom is -0.388 e. The minimum atomic E-state index is -0.867. The first-order valence-corrected chi connectivity index (χ1v) is 6.17. The highest BCUT2D eigenvalue weighted by molar-refractivity contribution is 5.94. The molecule has 0 radical (unpaired) electrons. The number of likely N-dealkylation sites (tertiary alicyclic amines) is 1. The Bertz CT molecular complexity index is 471. The molecule has 1 amide bonds. The summed E-state index contributed by atoms with van der Waals surface area (Å²) in [5.74, 6) is -0.802. The molecule has 18 heavy (non-hydrogen) atoms. The summed E-state index contributed by atoms with van der Waals surface area (Å²) in [4.78, 5) is 13.8. The van der Waals surface area contributed by atoms with E-state index in [4.69, 9.17) is 0 Å². The number of benzene rings is 1. The smallest absolute Gasteiger partial charge is 0.256 e. The first-order chi connectivity index (χ1) is 8.41. The zero-order valence-electron chi connectivity index (χ0n) is 10.7. The second-order valence-corrected chi connectivity index (χ2v) is 5.26. The van der Waals surface area contributed by atoms with Gasteiger partial charge in [0.2, 0.25) is 0 Å². The first kappa shape index (κ1) is 13.0. The molecule has 1 aliphatic rings. The minimum absolute atomic E-state index is 0.0905. The standard InChI is InChI=1S/C14H18FNO2/c1-10-5-3-6-11(12(10)15)13(17)16-8-4-7-14(2,18)9-16/h3,5-6,18H,4,7-9H2,1-2H3. The maximum Gasteiger partial charge on any atom is 0.256 e. The van der Waals surface area contributed by atoms with Gasteiger partial charge in [-0.25, -0.2) is 4.39 Å². The monoisotopic (exact) mass is 251 g/mol. The quantitative estimate of drug-likeness (QED) is 0.830. The second-order valence-electron chi connectivity index (χ2n) is 5.26. The van der Waals surface area contributed by atoms with E-state index in [0.717, 1.165) is 6.42 Å². The van der Waals surface area contributed by atoms with E-state index in [2.05, 4.69) is 0 Å². The first-order valence-electron chi connectivity index (χ1n) is 6.17. The summed E-state index contributed by atoms with van der Waals surface area (Å²) in [6, 6.07) is 4.81. The van der Waals surface area contributed by atoms with Gasteiger partial charge in [0.25, 0.3) is 5.91 Å². The van der Waals surface area contributed by atoms with Crippen molar-refractivity contribution in [2.24, 2.45) is 0 Å². The largest absolute Gasteiger partial charge is 0.388 e. The van der Waals surface area contributed by atoms with Gasteiger partial charge in [0, 0.05) is 13.1 Å². The molecule has 1 saturated heterocycles. The van der Waals surface area contributed by atoms with Crippen LogP contribution in [0.3, 0.4) is 0 Å². The molecule has 0 aromatic heterocycles. The van der Waals surface area contributed by atoms with Gasteiger partial charge in [0.05, 0.1) is 11.2 Å². The number of halogens is 1. The van der Waals surface area contributed by atoms with Crippen LogP contribution in [0.25, 0.3) is 0 Å². The van der Waals surface area contributed by atoms with Gasteiger partial charge < -0.3 is 10.0 Å². The number of β-amino-alcohol motifs (C(OH)–C–C–N with tert-alkyl or cyclic N) is 1. The Morgan fingerprint density at radius 3 is 2.89 bits per heavy atom. The molecule has 1 atom stereocenters. The zero-order valence-corrected chi connectivity index (χ0v) is 10.7. The van der Waals surface area contributed by atoms with Crippen LogP contribution < -0.4 is 0 Å². The van der Waals surface area contributed by atoms with E-state index in [1.54, 1.807) is 26.0 Å². The Balaban J connectivity index is 2.23. The molecular formula is C14H18FNO2. The molecule has 1 heterocycles. The molecule has 1 N–H and O–H groups in total.